The Morgan fingerprint density at radius 1 is 0.931 bits per heavy atom. The van der Waals surface area contributed by atoms with E-state index in [9.17, 15) is 0 Å². The van der Waals surface area contributed by atoms with Gasteiger partial charge < -0.3 is 15.0 Å². The average molecular weight is 386 g/mol. The first-order valence-corrected chi connectivity index (χ1v) is 9.51. The van der Waals surface area contributed by atoms with Crippen LogP contribution in [0.5, 0.6) is 5.75 Å². The largest absolute Gasteiger partial charge is 0.489 e. The van der Waals surface area contributed by atoms with E-state index in [-0.39, 0.29) is 5.92 Å². The van der Waals surface area contributed by atoms with E-state index >= 15 is 0 Å². The maximum absolute atomic E-state index is 5.95. The molecule has 2 aromatic heterocycles. The normalized spacial score (nSPS) is 11.9. The van der Waals surface area contributed by atoms with E-state index in [0.29, 0.717) is 24.9 Å². The topological polar surface area (TPSA) is 87.1 Å². The van der Waals surface area contributed by atoms with E-state index in [4.69, 9.17) is 15.0 Å². The number of ether oxygens (including phenoxy) is 1. The van der Waals surface area contributed by atoms with Crippen molar-refractivity contribution >= 4 is 0 Å². The summed E-state index contributed by atoms with van der Waals surface area (Å²) in [6.45, 7) is 0.912. The second-order valence-electron chi connectivity index (χ2n) is 6.75. The van der Waals surface area contributed by atoms with Crippen LogP contribution in [0.25, 0.3) is 11.4 Å². The summed E-state index contributed by atoms with van der Waals surface area (Å²) in [4.78, 5) is 8.65. The quantitative estimate of drug-likeness (QED) is 0.493. The number of rotatable bonds is 8. The van der Waals surface area contributed by atoms with E-state index in [1.54, 1.807) is 12.4 Å². The third-order valence-corrected chi connectivity index (χ3v) is 4.64. The molecule has 6 nitrogen and oxygen atoms in total. The predicted octanol–water partition coefficient (Wildman–Crippen LogP) is 4.00. The first-order valence-electron chi connectivity index (χ1n) is 9.51. The molecular weight excluding hydrogens is 364 g/mol. The van der Waals surface area contributed by atoms with Crippen LogP contribution >= 0.6 is 0 Å². The molecule has 2 N–H and O–H groups in total. The molecule has 0 saturated carbocycles. The summed E-state index contributed by atoms with van der Waals surface area (Å²) in [5.74, 6) is 1.86. The van der Waals surface area contributed by atoms with Crippen molar-refractivity contribution in [1.29, 1.82) is 0 Å². The lowest BCUT2D eigenvalue weighted by Gasteiger charge is -2.09. The molecule has 0 aliphatic rings. The predicted molar refractivity (Wildman–Crippen MR) is 110 cm³/mol. The van der Waals surface area contributed by atoms with Gasteiger partial charge in [0.1, 0.15) is 12.4 Å². The van der Waals surface area contributed by atoms with Crippen LogP contribution in [-0.4, -0.2) is 21.7 Å². The van der Waals surface area contributed by atoms with Crippen LogP contribution in [0.1, 0.15) is 22.9 Å². The minimum absolute atomic E-state index is 0.0132. The minimum Gasteiger partial charge on any atom is -0.489 e. The summed E-state index contributed by atoms with van der Waals surface area (Å²) >= 11 is 0. The molecule has 0 spiro atoms. The Hall–Kier alpha value is -3.51. The van der Waals surface area contributed by atoms with Crippen LogP contribution in [0, 0.1) is 0 Å². The molecule has 0 radical (unpaired) electrons. The van der Waals surface area contributed by atoms with E-state index in [1.807, 2.05) is 54.6 Å². The summed E-state index contributed by atoms with van der Waals surface area (Å²) in [7, 11) is 0. The van der Waals surface area contributed by atoms with Crippen LogP contribution in [0.3, 0.4) is 0 Å². The smallest absolute Gasteiger partial charge is 0.231 e. The molecule has 0 saturated heterocycles. The standard InChI is InChI=1S/C23H22N4O2/c24-14-20(13-17-5-2-1-3-6-17)23-26-22(27-29-23)19-8-10-21(11-9-19)28-16-18-7-4-12-25-15-18/h1-12,15,20H,13-14,16,24H2. The number of hydrogen-bond donors (Lipinski definition) is 1. The van der Waals surface area contributed by atoms with Crippen LogP contribution < -0.4 is 10.5 Å². The summed E-state index contributed by atoms with van der Waals surface area (Å²) in [5, 5.41) is 4.13. The zero-order valence-electron chi connectivity index (χ0n) is 15.9. The highest BCUT2D eigenvalue weighted by atomic mass is 16.5. The van der Waals surface area contributed by atoms with Crippen LogP contribution in [0.4, 0.5) is 0 Å². The van der Waals surface area contributed by atoms with Crippen molar-refractivity contribution in [3.8, 4) is 17.1 Å². The van der Waals surface area contributed by atoms with Crippen molar-refractivity contribution in [2.45, 2.75) is 18.9 Å². The molecule has 0 aliphatic carbocycles. The molecule has 146 valence electrons. The van der Waals surface area contributed by atoms with Gasteiger partial charge in [0.2, 0.25) is 11.7 Å². The van der Waals surface area contributed by atoms with E-state index in [2.05, 4.69) is 27.3 Å². The zero-order valence-corrected chi connectivity index (χ0v) is 15.9. The summed E-state index contributed by atoms with van der Waals surface area (Å²) in [6.07, 6.45) is 4.30. The zero-order chi connectivity index (χ0) is 19.9. The van der Waals surface area contributed by atoms with Crippen LogP contribution in [0.2, 0.25) is 0 Å². The van der Waals surface area contributed by atoms with Crippen LogP contribution in [0.15, 0.2) is 83.6 Å². The molecule has 29 heavy (non-hydrogen) atoms. The Labute approximate surface area is 169 Å². The molecule has 2 aromatic carbocycles. The highest BCUT2D eigenvalue weighted by Crippen LogP contribution is 2.24. The van der Waals surface area contributed by atoms with Gasteiger partial charge in [-0.05, 0) is 42.3 Å². The first-order chi connectivity index (χ1) is 14.3. The van der Waals surface area contributed by atoms with Gasteiger partial charge in [0, 0.05) is 30.1 Å². The maximum atomic E-state index is 5.95. The van der Waals surface area contributed by atoms with Gasteiger partial charge in [-0.25, -0.2) is 0 Å². The SMILES string of the molecule is NCC(Cc1ccccc1)c1nc(-c2ccc(OCc3cccnc3)cc2)no1. The summed E-state index contributed by atoms with van der Waals surface area (Å²) in [6, 6.07) is 21.7. The number of hydrogen-bond acceptors (Lipinski definition) is 6. The van der Waals surface area contributed by atoms with Gasteiger partial charge in [0.15, 0.2) is 0 Å². The Bertz CT molecular complexity index is 1020. The van der Waals surface area contributed by atoms with Crippen molar-refractivity contribution in [2.24, 2.45) is 5.73 Å². The summed E-state index contributed by atoms with van der Waals surface area (Å²) < 4.78 is 11.3. The van der Waals surface area contributed by atoms with Gasteiger partial charge in [-0.2, -0.15) is 4.98 Å². The molecule has 1 atom stereocenters. The Balaban J connectivity index is 1.42. The second kappa shape index (κ2) is 9.12. The van der Waals surface area contributed by atoms with Crippen molar-refractivity contribution in [2.75, 3.05) is 6.54 Å². The Kier molecular flexibility index (Phi) is 5.92. The van der Waals surface area contributed by atoms with E-state index in [0.717, 1.165) is 23.3 Å². The lowest BCUT2D eigenvalue weighted by Crippen LogP contribution is -2.15. The number of aromatic nitrogens is 3. The molecule has 6 heteroatoms. The Morgan fingerprint density at radius 2 is 1.72 bits per heavy atom. The van der Waals surface area contributed by atoms with Crippen LogP contribution in [-0.2, 0) is 13.0 Å². The Morgan fingerprint density at radius 3 is 2.45 bits per heavy atom. The van der Waals surface area contributed by atoms with Gasteiger partial charge in [0.05, 0.1) is 5.92 Å². The molecule has 1 unspecified atom stereocenters. The fraction of sp³-hybridized carbons (Fsp3) is 0.174. The summed E-state index contributed by atoms with van der Waals surface area (Å²) in [5.41, 5.74) is 9.03. The van der Waals surface area contributed by atoms with Gasteiger partial charge in [-0.3, -0.25) is 4.98 Å². The molecule has 2 heterocycles. The molecular formula is C23H22N4O2. The molecule has 4 aromatic rings. The second-order valence-corrected chi connectivity index (χ2v) is 6.75. The fourth-order valence-electron chi connectivity index (χ4n) is 3.04. The lowest BCUT2D eigenvalue weighted by molar-refractivity contribution is 0.306. The van der Waals surface area contributed by atoms with E-state index in [1.165, 1.54) is 5.56 Å². The average Bonchev–Trinajstić information content (AvgIpc) is 3.28. The fourth-order valence-corrected chi connectivity index (χ4v) is 3.04. The number of nitrogens with zero attached hydrogens (tertiary/aromatic N) is 3. The highest BCUT2D eigenvalue weighted by Gasteiger charge is 2.19. The van der Waals surface area contributed by atoms with Crippen molar-refractivity contribution in [1.82, 2.24) is 15.1 Å². The van der Waals surface area contributed by atoms with Crippen molar-refractivity contribution in [3.05, 3.63) is 96.1 Å². The molecule has 0 fully saturated rings. The number of benzene rings is 2. The monoisotopic (exact) mass is 386 g/mol. The van der Waals surface area contributed by atoms with Gasteiger partial charge in [0.25, 0.3) is 0 Å². The highest BCUT2D eigenvalue weighted by molar-refractivity contribution is 5.55. The lowest BCUT2D eigenvalue weighted by atomic mass is 9.99. The minimum atomic E-state index is -0.0132. The van der Waals surface area contributed by atoms with Gasteiger partial charge in [-0.15, -0.1) is 0 Å². The first kappa shape index (κ1) is 18.8. The number of nitrogens with two attached hydrogens (primary N) is 1. The van der Waals surface area contributed by atoms with Gasteiger partial charge in [-0.1, -0.05) is 41.6 Å². The third-order valence-electron chi connectivity index (χ3n) is 4.64. The third kappa shape index (κ3) is 4.86. The maximum Gasteiger partial charge on any atom is 0.231 e. The van der Waals surface area contributed by atoms with Crippen molar-refractivity contribution < 1.29 is 9.26 Å². The molecule has 4 rings (SSSR count). The van der Waals surface area contributed by atoms with Gasteiger partial charge >= 0.3 is 0 Å². The number of pyridine rings is 1. The molecule has 0 amide bonds. The molecule has 0 bridgehead atoms. The van der Waals surface area contributed by atoms with Crippen molar-refractivity contribution in [3.63, 3.8) is 0 Å². The van der Waals surface area contributed by atoms with E-state index < -0.39 is 0 Å². The molecule has 0 aliphatic heterocycles.